The van der Waals surface area contributed by atoms with Crippen LogP contribution in [0.2, 0.25) is 5.02 Å². The van der Waals surface area contributed by atoms with E-state index in [2.05, 4.69) is 5.32 Å². The second-order valence-corrected chi connectivity index (χ2v) is 7.11. The van der Waals surface area contributed by atoms with Crippen LogP contribution in [0.5, 0.6) is 0 Å². The van der Waals surface area contributed by atoms with Crippen LogP contribution in [0.1, 0.15) is 29.4 Å². The van der Waals surface area contributed by atoms with E-state index in [9.17, 15) is 32.3 Å². The van der Waals surface area contributed by atoms with E-state index < -0.39 is 41.1 Å². The molecule has 0 aliphatic rings. The fraction of sp³-hybridized carbons (Fsp3) is 0.368. The summed E-state index contributed by atoms with van der Waals surface area (Å²) in [6, 6.07) is 3.65. The van der Waals surface area contributed by atoms with Gasteiger partial charge in [0.05, 0.1) is 29.3 Å². The Bertz CT molecular complexity index is 1140. The highest BCUT2D eigenvalue weighted by Gasteiger charge is 2.35. The van der Waals surface area contributed by atoms with Crippen LogP contribution in [0.3, 0.4) is 0 Å². The second kappa shape index (κ2) is 10.0. The molecule has 0 bridgehead atoms. The molecule has 1 atom stereocenters. The van der Waals surface area contributed by atoms with Crippen molar-refractivity contribution in [1.82, 2.24) is 14.5 Å². The van der Waals surface area contributed by atoms with Crippen LogP contribution < -0.4 is 16.6 Å². The number of aliphatic hydroxyl groups excluding tert-OH is 1. The predicted octanol–water partition coefficient (Wildman–Crippen LogP) is 1.25. The Kier molecular flexibility index (Phi) is 7.86. The number of carbonyl (C=O) groups excluding carboxylic acids is 2. The molecular weight excluding hydrogens is 459 g/mol. The van der Waals surface area contributed by atoms with E-state index in [1.54, 1.807) is 0 Å². The monoisotopic (exact) mass is 477 g/mol. The first-order valence-electron chi connectivity index (χ1n) is 9.15. The molecule has 1 unspecified atom stereocenters. The van der Waals surface area contributed by atoms with Crippen molar-refractivity contribution in [1.29, 1.82) is 0 Å². The van der Waals surface area contributed by atoms with Gasteiger partial charge in [-0.05, 0) is 25.1 Å². The van der Waals surface area contributed by atoms with Crippen molar-refractivity contribution in [3.8, 4) is 5.69 Å². The Balaban J connectivity index is 2.37. The van der Waals surface area contributed by atoms with E-state index in [1.807, 2.05) is 0 Å². The minimum absolute atomic E-state index is 0.0320. The highest BCUT2D eigenvalue weighted by atomic mass is 35.5. The van der Waals surface area contributed by atoms with E-state index in [-0.39, 0.29) is 46.5 Å². The van der Waals surface area contributed by atoms with Gasteiger partial charge in [0.2, 0.25) is 5.91 Å². The summed E-state index contributed by atoms with van der Waals surface area (Å²) < 4.78 is 44.9. The number of halogens is 4. The second-order valence-electron chi connectivity index (χ2n) is 6.70. The van der Waals surface area contributed by atoms with Crippen molar-refractivity contribution in [2.75, 3.05) is 13.2 Å². The molecule has 0 fully saturated rings. The van der Waals surface area contributed by atoms with Gasteiger partial charge in [-0.1, -0.05) is 11.6 Å². The Labute approximate surface area is 184 Å². The number of ether oxygens (including phenoxy) is 1. The van der Waals surface area contributed by atoms with Gasteiger partial charge in [0.25, 0.3) is 5.56 Å². The highest BCUT2D eigenvalue weighted by molar-refractivity contribution is 6.33. The number of hydrogen-bond donors (Lipinski definition) is 2. The van der Waals surface area contributed by atoms with Crippen molar-refractivity contribution in [3.05, 3.63) is 61.4 Å². The molecule has 1 aromatic carbocycles. The van der Waals surface area contributed by atoms with Crippen LogP contribution in [-0.4, -0.2) is 45.4 Å². The Morgan fingerprint density at radius 1 is 1.25 bits per heavy atom. The molecule has 1 heterocycles. The van der Waals surface area contributed by atoms with Crippen molar-refractivity contribution in [2.24, 2.45) is 7.05 Å². The van der Waals surface area contributed by atoms with Crippen LogP contribution in [0.4, 0.5) is 13.2 Å². The Morgan fingerprint density at radius 3 is 2.50 bits per heavy atom. The maximum atomic E-state index is 13.0. The van der Waals surface area contributed by atoms with Crippen molar-refractivity contribution in [2.45, 2.75) is 25.6 Å². The van der Waals surface area contributed by atoms with Gasteiger partial charge in [0.15, 0.2) is 0 Å². The minimum atomic E-state index is -4.92. The van der Waals surface area contributed by atoms with Gasteiger partial charge >= 0.3 is 17.8 Å². The Morgan fingerprint density at radius 2 is 1.91 bits per heavy atom. The van der Waals surface area contributed by atoms with Gasteiger partial charge in [-0.25, -0.2) is 14.2 Å². The first-order valence-corrected chi connectivity index (χ1v) is 9.53. The van der Waals surface area contributed by atoms with E-state index in [0.29, 0.717) is 4.57 Å². The number of carbonyl (C=O) groups is 2. The van der Waals surface area contributed by atoms with E-state index in [4.69, 9.17) is 21.4 Å². The molecule has 0 spiro atoms. The molecule has 0 aliphatic heterocycles. The molecule has 174 valence electrons. The van der Waals surface area contributed by atoms with Gasteiger partial charge in [-0.2, -0.15) is 13.2 Å². The van der Waals surface area contributed by atoms with Gasteiger partial charge in [0.1, 0.15) is 11.8 Å². The quantitative estimate of drug-likeness (QED) is 0.579. The average molecular weight is 478 g/mol. The Hall–Kier alpha value is -3.12. The summed E-state index contributed by atoms with van der Waals surface area (Å²) in [5.41, 5.74) is -4.42. The van der Waals surface area contributed by atoms with Crippen LogP contribution in [0.15, 0.2) is 33.9 Å². The largest absolute Gasteiger partial charge is 0.458 e. The number of aromatic nitrogens is 2. The SMILES string of the molecule is CC(CC(=O)NCCO)OC(=O)c1cc(-n2c(=O)cc(C(F)(F)F)n(C)c2=O)ccc1Cl. The van der Waals surface area contributed by atoms with Gasteiger partial charge < -0.3 is 15.2 Å². The third-order valence-electron chi connectivity index (χ3n) is 4.25. The number of alkyl halides is 3. The van der Waals surface area contributed by atoms with Crippen LogP contribution in [0, 0.1) is 0 Å². The molecule has 32 heavy (non-hydrogen) atoms. The molecule has 13 heteroatoms. The van der Waals surface area contributed by atoms with E-state index >= 15 is 0 Å². The first kappa shape index (κ1) is 25.1. The predicted molar refractivity (Wildman–Crippen MR) is 107 cm³/mol. The zero-order chi connectivity index (χ0) is 24.2. The molecule has 2 rings (SSSR count). The molecule has 2 N–H and O–H groups in total. The van der Waals surface area contributed by atoms with E-state index in [0.717, 1.165) is 13.1 Å². The lowest BCUT2D eigenvalue weighted by Gasteiger charge is -2.16. The molecule has 0 aliphatic carbocycles. The van der Waals surface area contributed by atoms with Gasteiger partial charge in [-0.15, -0.1) is 0 Å². The third-order valence-corrected chi connectivity index (χ3v) is 4.58. The number of esters is 1. The number of amides is 1. The van der Waals surface area contributed by atoms with Gasteiger partial charge in [-0.3, -0.25) is 14.2 Å². The zero-order valence-electron chi connectivity index (χ0n) is 16.9. The van der Waals surface area contributed by atoms with Crippen LogP contribution in [0.25, 0.3) is 5.69 Å². The summed E-state index contributed by atoms with van der Waals surface area (Å²) >= 11 is 6.00. The normalized spacial score (nSPS) is 12.3. The van der Waals surface area contributed by atoms with Crippen LogP contribution in [-0.2, 0) is 22.8 Å². The molecule has 9 nitrogen and oxygen atoms in total. The molecule has 1 aromatic heterocycles. The fourth-order valence-corrected chi connectivity index (χ4v) is 2.96. The number of aliphatic hydroxyl groups is 1. The molecule has 1 amide bonds. The maximum Gasteiger partial charge on any atom is 0.431 e. The molecule has 0 saturated heterocycles. The summed E-state index contributed by atoms with van der Waals surface area (Å²) in [5.74, 6) is -1.45. The van der Waals surface area contributed by atoms with Crippen molar-refractivity contribution >= 4 is 23.5 Å². The zero-order valence-corrected chi connectivity index (χ0v) is 17.7. The lowest BCUT2D eigenvalue weighted by molar-refractivity contribution is -0.144. The number of rotatable bonds is 7. The van der Waals surface area contributed by atoms with Gasteiger partial charge in [0, 0.05) is 19.7 Å². The smallest absolute Gasteiger partial charge is 0.431 e. The van der Waals surface area contributed by atoms with Crippen LogP contribution >= 0.6 is 11.6 Å². The summed E-state index contributed by atoms with van der Waals surface area (Å²) in [5, 5.41) is 11.0. The highest BCUT2D eigenvalue weighted by Crippen LogP contribution is 2.27. The molecule has 0 radical (unpaired) electrons. The summed E-state index contributed by atoms with van der Waals surface area (Å²) in [6.07, 6.45) is -6.01. The maximum absolute atomic E-state index is 13.0. The number of benzene rings is 1. The fourth-order valence-electron chi connectivity index (χ4n) is 2.76. The van der Waals surface area contributed by atoms with Crippen molar-refractivity contribution in [3.63, 3.8) is 0 Å². The number of nitrogens with one attached hydrogen (secondary N) is 1. The lowest BCUT2D eigenvalue weighted by Crippen LogP contribution is -2.40. The summed E-state index contributed by atoms with van der Waals surface area (Å²) in [7, 11) is 0.857. The first-order chi connectivity index (χ1) is 14.9. The average Bonchev–Trinajstić information content (AvgIpc) is 2.69. The lowest BCUT2D eigenvalue weighted by atomic mass is 10.2. The minimum Gasteiger partial charge on any atom is -0.458 e. The number of nitrogens with zero attached hydrogens (tertiary/aromatic N) is 2. The molecule has 2 aromatic rings. The topological polar surface area (TPSA) is 120 Å². The standard InChI is InChI=1S/C19H19ClF3N3O6/c1-10(7-15(28)24-5-6-27)32-17(30)12-8-11(3-4-13(12)20)26-16(29)9-14(19(21,22)23)25(2)18(26)31/h3-4,8-10,27H,5-7H2,1-2H3,(H,24,28). The molecular formula is C19H19ClF3N3O6. The molecule has 0 saturated carbocycles. The summed E-state index contributed by atoms with van der Waals surface area (Å²) in [6.45, 7) is 1.21. The number of hydrogen-bond acceptors (Lipinski definition) is 6. The summed E-state index contributed by atoms with van der Waals surface area (Å²) in [4.78, 5) is 48.8. The third kappa shape index (κ3) is 5.77. The van der Waals surface area contributed by atoms with Crippen molar-refractivity contribution < 1.29 is 32.6 Å². The van der Waals surface area contributed by atoms with E-state index in [1.165, 1.54) is 19.1 Å².